The number of hydrogen-bond acceptors (Lipinski definition) is 1. The van der Waals surface area contributed by atoms with Gasteiger partial charge in [0.05, 0.1) is 6.61 Å². The number of aliphatic hydroxyl groups is 1. The Kier molecular flexibility index (Phi) is 2.93. The fourth-order valence-electron chi connectivity index (χ4n) is 1.41. The molecule has 0 aromatic carbocycles. The smallest absolute Gasteiger partial charge is 0.0699 e. The number of aryl methyl sites for hydroxylation is 1. The molecule has 1 aromatic heterocycles. The third-order valence-electron chi connectivity index (χ3n) is 2.15. The van der Waals surface area contributed by atoms with Gasteiger partial charge in [-0.15, -0.1) is 0 Å². The van der Waals surface area contributed by atoms with Gasteiger partial charge in [0.15, 0.2) is 0 Å². The van der Waals surface area contributed by atoms with Crippen LogP contribution >= 0.6 is 0 Å². The lowest BCUT2D eigenvalue weighted by Gasteiger charge is -2.03. The summed E-state index contributed by atoms with van der Waals surface area (Å²) in [4.78, 5) is 0. The number of aliphatic hydroxyl groups excluding tert-OH is 1. The van der Waals surface area contributed by atoms with E-state index in [1.165, 1.54) is 5.56 Å². The Labute approximate surface area is 73.8 Å². The first-order chi connectivity index (χ1) is 5.69. The van der Waals surface area contributed by atoms with Crippen molar-refractivity contribution in [3.05, 3.63) is 23.5 Å². The van der Waals surface area contributed by atoms with Crippen LogP contribution in [-0.2, 0) is 13.2 Å². The molecule has 0 unspecified atom stereocenters. The quantitative estimate of drug-likeness (QED) is 0.733. The highest BCUT2D eigenvalue weighted by atomic mass is 16.3. The Morgan fingerprint density at radius 2 is 2.08 bits per heavy atom. The second kappa shape index (κ2) is 3.76. The van der Waals surface area contributed by atoms with Crippen LogP contribution in [-0.4, -0.2) is 9.67 Å². The van der Waals surface area contributed by atoms with E-state index in [-0.39, 0.29) is 6.61 Å². The van der Waals surface area contributed by atoms with E-state index in [4.69, 9.17) is 5.11 Å². The summed E-state index contributed by atoms with van der Waals surface area (Å²) < 4.78 is 2.11. The zero-order valence-electron chi connectivity index (χ0n) is 8.04. The third-order valence-corrected chi connectivity index (χ3v) is 2.15. The SMILES string of the molecule is CCn1cc(CO)c(C(C)C)c1. The summed E-state index contributed by atoms with van der Waals surface area (Å²) in [5.41, 5.74) is 2.33. The Hall–Kier alpha value is -0.760. The van der Waals surface area contributed by atoms with E-state index in [9.17, 15) is 0 Å². The predicted octanol–water partition coefficient (Wildman–Crippen LogP) is 2.12. The second-order valence-corrected chi connectivity index (χ2v) is 3.38. The van der Waals surface area contributed by atoms with Crippen molar-refractivity contribution >= 4 is 0 Å². The molecule has 1 aromatic rings. The van der Waals surface area contributed by atoms with Gasteiger partial charge in [0.2, 0.25) is 0 Å². The number of rotatable bonds is 3. The topological polar surface area (TPSA) is 25.2 Å². The lowest BCUT2D eigenvalue weighted by Crippen LogP contribution is -1.90. The minimum atomic E-state index is 0.153. The van der Waals surface area contributed by atoms with Gasteiger partial charge in [-0.2, -0.15) is 0 Å². The molecule has 0 fully saturated rings. The first kappa shape index (κ1) is 9.33. The summed E-state index contributed by atoms with van der Waals surface area (Å²) in [7, 11) is 0. The molecule has 1 heterocycles. The van der Waals surface area contributed by atoms with E-state index < -0.39 is 0 Å². The summed E-state index contributed by atoms with van der Waals surface area (Å²) in [6.45, 7) is 7.52. The van der Waals surface area contributed by atoms with Crippen LogP contribution in [0.3, 0.4) is 0 Å². The summed E-state index contributed by atoms with van der Waals surface area (Å²) in [6.07, 6.45) is 4.14. The number of aromatic nitrogens is 1. The van der Waals surface area contributed by atoms with Crippen molar-refractivity contribution < 1.29 is 5.11 Å². The Bertz CT molecular complexity index is 250. The van der Waals surface area contributed by atoms with Gasteiger partial charge >= 0.3 is 0 Å². The van der Waals surface area contributed by atoms with Crippen LogP contribution in [0, 0.1) is 0 Å². The highest BCUT2D eigenvalue weighted by molar-refractivity contribution is 5.26. The Balaban J connectivity index is 3.00. The molecule has 0 bridgehead atoms. The highest BCUT2D eigenvalue weighted by Gasteiger charge is 2.07. The average Bonchev–Trinajstić information content (AvgIpc) is 2.47. The van der Waals surface area contributed by atoms with Crippen LogP contribution in [0.1, 0.15) is 37.8 Å². The molecule has 12 heavy (non-hydrogen) atoms. The van der Waals surface area contributed by atoms with Crippen molar-refractivity contribution in [2.45, 2.75) is 39.8 Å². The molecule has 0 saturated heterocycles. The lowest BCUT2D eigenvalue weighted by molar-refractivity contribution is 0.280. The molecular weight excluding hydrogens is 150 g/mol. The molecule has 0 saturated carbocycles. The summed E-state index contributed by atoms with van der Waals surface area (Å²) in [5.74, 6) is 0.500. The van der Waals surface area contributed by atoms with Crippen LogP contribution in [0.4, 0.5) is 0 Å². The maximum Gasteiger partial charge on any atom is 0.0699 e. The van der Waals surface area contributed by atoms with Crippen LogP contribution in [0.15, 0.2) is 12.4 Å². The minimum absolute atomic E-state index is 0.153. The molecule has 1 N–H and O–H groups in total. The van der Waals surface area contributed by atoms with Crippen molar-refractivity contribution in [3.8, 4) is 0 Å². The fourth-order valence-corrected chi connectivity index (χ4v) is 1.41. The standard InChI is InChI=1S/C10H17NO/c1-4-11-5-9(7-12)10(6-11)8(2)3/h5-6,8,12H,4,7H2,1-3H3. The van der Waals surface area contributed by atoms with Crippen molar-refractivity contribution in [1.82, 2.24) is 4.57 Å². The largest absolute Gasteiger partial charge is 0.392 e. The van der Waals surface area contributed by atoms with Gasteiger partial charge in [-0.3, -0.25) is 0 Å². The fraction of sp³-hybridized carbons (Fsp3) is 0.600. The van der Waals surface area contributed by atoms with E-state index in [1.54, 1.807) is 0 Å². The molecule has 0 aliphatic carbocycles. The van der Waals surface area contributed by atoms with E-state index in [1.807, 2.05) is 6.20 Å². The molecule has 2 nitrogen and oxygen atoms in total. The van der Waals surface area contributed by atoms with Crippen LogP contribution in [0.5, 0.6) is 0 Å². The van der Waals surface area contributed by atoms with Gasteiger partial charge in [-0.1, -0.05) is 13.8 Å². The maximum atomic E-state index is 9.06. The Morgan fingerprint density at radius 3 is 2.42 bits per heavy atom. The van der Waals surface area contributed by atoms with Gasteiger partial charge in [0.25, 0.3) is 0 Å². The molecular formula is C10H17NO. The molecule has 0 radical (unpaired) electrons. The number of nitrogens with zero attached hydrogens (tertiary/aromatic N) is 1. The molecule has 1 rings (SSSR count). The van der Waals surface area contributed by atoms with Gasteiger partial charge in [-0.05, 0) is 24.0 Å². The first-order valence-corrected chi connectivity index (χ1v) is 4.48. The van der Waals surface area contributed by atoms with Gasteiger partial charge in [0, 0.05) is 18.9 Å². The van der Waals surface area contributed by atoms with Crippen molar-refractivity contribution in [3.63, 3.8) is 0 Å². The van der Waals surface area contributed by atoms with E-state index in [2.05, 4.69) is 31.5 Å². The average molecular weight is 167 g/mol. The molecule has 0 amide bonds. The van der Waals surface area contributed by atoms with Crippen LogP contribution < -0.4 is 0 Å². The van der Waals surface area contributed by atoms with Crippen LogP contribution in [0.25, 0.3) is 0 Å². The summed E-state index contributed by atoms with van der Waals surface area (Å²) in [5, 5.41) is 9.06. The summed E-state index contributed by atoms with van der Waals surface area (Å²) in [6, 6.07) is 0. The molecule has 2 heteroatoms. The zero-order valence-corrected chi connectivity index (χ0v) is 8.04. The molecule has 0 aliphatic heterocycles. The van der Waals surface area contributed by atoms with Gasteiger partial charge in [0.1, 0.15) is 0 Å². The predicted molar refractivity (Wildman–Crippen MR) is 50.1 cm³/mol. The summed E-state index contributed by atoms with van der Waals surface area (Å²) >= 11 is 0. The molecule has 0 spiro atoms. The first-order valence-electron chi connectivity index (χ1n) is 4.48. The molecule has 0 atom stereocenters. The number of hydrogen-bond donors (Lipinski definition) is 1. The van der Waals surface area contributed by atoms with Crippen LogP contribution in [0.2, 0.25) is 0 Å². The minimum Gasteiger partial charge on any atom is -0.392 e. The van der Waals surface area contributed by atoms with Crippen molar-refractivity contribution in [1.29, 1.82) is 0 Å². The third kappa shape index (κ3) is 1.69. The highest BCUT2D eigenvalue weighted by Crippen LogP contribution is 2.20. The van der Waals surface area contributed by atoms with E-state index >= 15 is 0 Å². The lowest BCUT2D eigenvalue weighted by atomic mass is 10.0. The zero-order chi connectivity index (χ0) is 9.14. The van der Waals surface area contributed by atoms with E-state index in [0.717, 1.165) is 12.1 Å². The van der Waals surface area contributed by atoms with E-state index in [0.29, 0.717) is 5.92 Å². The van der Waals surface area contributed by atoms with Gasteiger partial charge < -0.3 is 9.67 Å². The van der Waals surface area contributed by atoms with Crippen molar-refractivity contribution in [2.75, 3.05) is 0 Å². The maximum absolute atomic E-state index is 9.06. The normalized spacial score (nSPS) is 11.1. The molecule has 0 aliphatic rings. The monoisotopic (exact) mass is 167 g/mol. The van der Waals surface area contributed by atoms with Crippen molar-refractivity contribution in [2.24, 2.45) is 0 Å². The second-order valence-electron chi connectivity index (χ2n) is 3.38. The molecule has 68 valence electrons. The van der Waals surface area contributed by atoms with Gasteiger partial charge in [-0.25, -0.2) is 0 Å². The Morgan fingerprint density at radius 1 is 1.42 bits per heavy atom.